The monoisotopic (exact) mass is 306 g/mol. The van der Waals surface area contributed by atoms with Gasteiger partial charge in [-0.15, -0.1) is 12.4 Å². The highest BCUT2D eigenvalue weighted by atomic mass is 35.5. The summed E-state index contributed by atoms with van der Waals surface area (Å²) in [5, 5.41) is 0.443. The van der Waals surface area contributed by atoms with Gasteiger partial charge >= 0.3 is 0 Å². The fraction of sp³-hybridized carbons (Fsp3) is 0.571. The van der Waals surface area contributed by atoms with Crippen molar-refractivity contribution in [3.8, 4) is 0 Å². The summed E-state index contributed by atoms with van der Waals surface area (Å²) in [6.45, 7) is 3.64. The van der Waals surface area contributed by atoms with Gasteiger partial charge in [0.15, 0.2) is 0 Å². The van der Waals surface area contributed by atoms with Crippen LogP contribution in [0.25, 0.3) is 0 Å². The van der Waals surface area contributed by atoms with Crippen LogP contribution in [0, 0.1) is 5.82 Å². The lowest BCUT2D eigenvalue weighted by Gasteiger charge is -2.38. The number of nitrogens with two attached hydrogens (primary N) is 1. The molecule has 0 aliphatic carbocycles. The molecule has 19 heavy (non-hydrogen) atoms. The Balaban J connectivity index is 0.00000180. The highest BCUT2D eigenvalue weighted by Gasteiger charge is 2.25. The molecule has 5 heteroatoms. The summed E-state index contributed by atoms with van der Waals surface area (Å²) in [5.41, 5.74) is 6.72. The van der Waals surface area contributed by atoms with Crippen molar-refractivity contribution in [2.75, 3.05) is 6.54 Å². The van der Waals surface area contributed by atoms with Gasteiger partial charge in [0.05, 0.1) is 0 Å². The van der Waals surface area contributed by atoms with Crippen molar-refractivity contribution in [1.82, 2.24) is 4.90 Å². The van der Waals surface area contributed by atoms with Gasteiger partial charge in [-0.05, 0) is 38.4 Å². The zero-order chi connectivity index (χ0) is 13.1. The Hall–Kier alpha value is -0.350. The Morgan fingerprint density at radius 1 is 1.47 bits per heavy atom. The Labute approximate surface area is 125 Å². The lowest BCUT2D eigenvalue weighted by atomic mass is 9.96. The van der Waals surface area contributed by atoms with E-state index in [9.17, 15) is 4.39 Å². The highest BCUT2D eigenvalue weighted by molar-refractivity contribution is 6.30. The summed E-state index contributed by atoms with van der Waals surface area (Å²) >= 11 is 5.77. The zero-order valence-electron chi connectivity index (χ0n) is 11.1. The minimum atomic E-state index is -0.225. The molecule has 0 aromatic heterocycles. The summed E-state index contributed by atoms with van der Waals surface area (Å²) in [4.78, 5) is 2.29. The topological polar surface area (TPSA) is 29.3 Å². The van der Waals surface area contributed by atoms with E-state index in [4.69, 9.17) is 17.3 Å². The van der Waals surface area contributed by atoms with E-state index >= 15 is 0 Å². The summed E-state index contributed by atoms with van der Waals surface area (Å²) < 4.78 is 13.8. The number of rotatable bonds is 3. The van der Waals surface area contributed by atoms with Crippen LogP contribution in [0.4, 0.5) is 4.39 Å². The largest absolute Gasteiger partial charge is 0.327 e. The third-order valence-electron chi connectivity index (χ3n) is 3.66. The Bertz CT molecular complexity index is 412. The van der Waals surface area contributed by atoms with Crippen molar-refractivity contribution in [2.45, 2.75) is 44.8 Å². The molecule has 0 amide bonds. The van der Waals surface area contributed by atoms with Crippen LogP contribution >= 0.6 is 24.0 Å². The molecule has 1 aliphatic rings. The second kappa shape index (κ2) is 7.44. The summed E-state index contributed by atoms with van der Waals surface area (Å²) in [6, 6.07) is 5.37. The highest BCUT2D eigenvalue weighted by Crippen LogP contribution is 2.23. The molecule has 108 valence electrons. The van der Waals surface area contributed by atoms with Crippen molar-refractivity contribution in [3.05, 3.63) is 34.6 Å². The maximum absolute atomic E-state index is 13.8. The molecule has 2 N–H and O–H groups in total. The smallest absolute Gasteiger partial charge is 0.129 e. The molecule has 2 atom stereocenters. The molecule has 1 aliphatic heterocycles. The minimum Gasteiger partial charge on any atom is -0.327 e. The van der Waals surface area contributed by atoms with Crippen LogP contribution in [0.1, 0.15) is 31.7 Å². The number of piperidine rings is 1. The Morgan fingerprint density at radius 2 is 2.21 bits per heavy atom. The normalized spacial score (nSPS) is 21.8. The maximum atomic E-state index is 13.8. The van der Waals surface area contributed by atoms with Crippen molar-refractivity contribution in [2.24, 2.45) is 5.73 Å². The van der Waals surface area contributed by atoms with Gasteiger partial charge in [0, 0.05) is 29.2 Å². The molecule has 2 nitrogen and oxygen atoms in total. The van der Waals surface area contributed by atoms with Gasteiger partial charge in [0.1, 0.15) is 5.82 Å². The van der Waals surface area contributed by atoms with Gasteiger partial charge < -0.3 is 5.73 Å². The first-order chi connectivity index (χ1) is 8.58. The molecule has 2 unspecified atom stereocenters. The summed E-state index contributed by atoms with van der Waals surface area (Å²) in [5.74, 6) is -0.225. The first kappa shape index (κ1) is 16.7. The molecule has 1 fully saturated rings. The van der Waals surface area contributed by atoms with Gasteiger partial charge in [-0.1, -0.05) is 24.1 Å². The molecule has 0 bridgehead atoms. The van der Waals surface area contributed by atoms with Crippen molar-refractivity contribution in [3.63, 3.8) is 0 Å². The Morgan fingerprint density at radius 3 is 2.84 bits per heavy atom. The van der Waals surface area contributed by atoms with Crippen LogP contribution in [0.3, 0.4) is 0 Å². The van der Waals surface area contributed by atoms with E-state index in [1.165, 1.54) is 18.9 Å². The van der Waals surface area contributed by atoms with E-state index in [0.717, 1.165) is 13.0 Å². The van der Waals surface area contributed by atoms with Crippen LogP contribution in [-0.4, -0.2) is 23.5 Å². The fourth-order valence-electron chi connectivity index (χ4n) is 2.68. The first-order valence-electron chi connectivity index (χ1n) is 6.51. The number of nitrogens with zero attached hydrogens (tertiary/aromatic N) is 1. The molecule has 0 radical (unpaired) electrons. The molecule has 1 heterocycles. The quantitative estimate of drug-likeness (QED) is 0.924. The average molecular weight is 307 g/mol. The number of likely N-dealkylation sites (tertiary alicyclic amines) is 1. The van der Waals surface area contributed by atoms with Crippen LogP contribution in [0.2, 0.25) is 5.02 Å². The predicted molar refractivity (Wildman–Crippen MR) is 80.4 cm³/mol. The predicted octanol–water partition coefficient (Wildman–Crippen LogP) is 3.60. The van der Waals surface area contributed by atoms with E-state index in [-0.39, 0.29) is 24.3 Å². The SMILES string of the molecule is CC(N)C1CCCCN1Cc1ccc(Cl)cc1F.Cl. The van der Waals surface area contributed by atoms with E-state index in [2.05, 4.69) is 4.90 Å². The molecular formula is C14H21Cl2FN2. The van der Waals surface area contributed by atoms with E-state index in [1.54, 1.807) is 12.1 Å². The van der Waals surface area contributed by atoms with Crippen LogP contribution < -0.4 is 5.73 Å². The first-order valence-corrected chi connectivity index (χ1v) is 6.89. The third kappa shape index (κ3) is 4.32. The van der Waals surface area contributed by atoms with Gasteiger partial charge in [-0.25, -0.2) is 4.39 Å². The molecular weight excluding hydrogens is 286 g/mol. The van der Waals surface area contributed by atoms with Crippen molar-refractivity contribution < 1.29 is 4.39 Å². The van der Waals surface area contributed by atoms with E-state index in [1.807, 2.05) is 6.92 Å². The second-order valence-corrected chi connectivity index (χ2v) is 5.56. The van der Waals surface area contributed by atoms with Crippen LogP contribution in [-0.2, 0) is 6.54 Å². The van der Waals surface area contributed by atoms with Crippen LogP contribution in [0.5, 0.6) is 0 Å². The molecule has 0 saturated carbocycles. The van der Waals surface area contributed by atoms with Gasteiger partial charge in [0.25, 0.3) is 0 Å². The standard InChI is InChI=1S/C14H20ClFN2.ClH/c1-10(17)14-4-2-3-7-18(14)9-11-5-6-12(15)8-13(11)16;/h5-6,8,10,14H,2-4,7,9,17H2,1H3;1H. The second-order valence-electron chi connectivity index (χ2n) is 5.13. The minimum absolute atomic E-state index is 0. The fourth-order valence-corrected chi connectivity index (χ4v) is 2.84. The number of hydrogen-bond donors (Lipinski definition) is 1. The summed E-state index contributed by atoms with van der Waals surface area (Å²) in [6.07, 6.45) is 3.48. The van der Waals surface area contributed by atoms with Crippen molar-refractivity contribution >= 4 is 24.0 Å². The van der Waals surface area contributed by atoms with E-state index in [0.29, 0.717) is 23.2 Å². The number of benzene rings is 1. The summed E-state index contributed by atoms with van der Waals surface area (Å²) in [7, 11) is 0. The molecule has 1 aromatic rings. The molecule has 1 saturated heterocycles. The maximum Gasteiger partial charge on any atom is 0.129 e. The molecule has 1 aromatic carbocycles. The number of halogens is 3. The third-order valence-corrected chi connectivity index (χ3v) is 3.89. The van der Waals surface area contributed by atoms with Gasteiger partial charge in [-0.3, -0.25) is 4.90 Å². The van der Waals surface area contributed by atoms with Gasteiger partial charge in [-0.2, -0.15) is 0 Å². The average Bonchev–Trinajstić information content (AvgIpc) is 2.33. The lowest BCUT2D eigenvalue weighted by Crippen LogP contribution is -2.48. The Kier molecular flexibility index (Phi) is 6.54. The molecule has 2 rings (SSSR count). The number of hydrogen-bond acceptors (Lipinski definition) is 2. The zero-order valence-corrected chi connectivity index (χ0v) is 12.7. The molecule has 0 spiro atoms. The van der Waals surface area contributed by atoms with E-state index < -0.39 is 0 Å². The van der Waals surface area contributed by atoms with Crippen LogP contribution in [0.15, 0.2) is 18.2 Å². The van der Waals surface area contributed by atoms with Crippen molar-refractivity contribution in [1.29, 1.82) is 0 Å². The van der Waals surface area contributed by atoms with Gasteiger partial charge in [0.2, 0.25) is 0 Å². The lowest BCUT2D eigenvalue weighted by molar-refractivity contribution is 0.121.